The molecule has 0 unspecified atom stereocenters. The fourth-order valence-electron chi connectivity index (χ4n) is 4.25. The van der Waals surface area contributed by atoms with Gasteiger partial charge in [-0.25, -0.2) is 14.1 Å². The Morgan fingerprint density at radius 3 is 2.90 bits per heavy atom. The largest absolute Gasteiger partial charge is 0.368 e. The maximum atomic E-state index is 14.4. The summed E-state index contributed by atoms with van der Waals surface area (Å²) in [5.74, 6) is -0.853. The second-order valence-corrected chi connectivity index (χ2v) is 7.91. The summed E-state index contributed by atoms with van der Waals surface area (Å²) in [6.45, 7) is 3.57. The molecule has 1 atom stereocenters. The zero-order valence-corrected chi connectivity index (χ0v) is 17.6. The van der Waals surface area contributed by atoms with Crippen molar-refractivity contribution >= 4 is 34.0 Å². The lowest BCUT2D eigenvalue weighted by Crippen LogP contribution is -2.29. The van der Waals surface area contributed by atoms with Crippen LogP contribution >= 0.6 is 0 Å². The van der Waals surface area contributed by atoms with Gasteiger partial charge in [-0.2, -0.15) is 0 Å². The van der Waals surface area contributed by atoms with Crippen LogP contribution in [0.2, 0.25) is 0 Å². The van der Waals surface area contributed by atoms with Gasteiger partial charge in [-0.1, -0.05) is 5.21 Å². The highest BCUT2D eigenvalue weighted by molar-refractivity contribution is 6.13. The number of anilines is 2. The normalized spacial score (nSPS) is 16.5. The number of fused-ring (bicyclic) bond motifs is 2. The number of imidazole rings is 1. The molecule has 0 bridgehead atoms. The summed E-state index contributed by atoms with van der Waals surface area (Å²) >= 11 is 0. The standard InChI is InChI=1S/C21H23FN8O/c1-12-9-30-11-14(8-16(22)20(30)24-12)25-21(31)15-4-5-17(18-19(15)28(3)27-26-18)29-7-6-13(10-29)23-2/h4-5,8-9,11,13,23H,6-7,10H2,1-3H3,(H,25,31)/t13-/m0/s1. The van der Waals surface area contributed by atoms with Gasteiger partial charge in [-0.05, 0) is 32.5 Å². The van der Waals surface area contributed by atoms with Crippen molar-refractivity contribution in [1.29, 1.82) is 0 Å². The van der Waals surface area contributed by atoms with E-state index in [9.17, 15) is 9.18 Å². The Labute approximate surface area is 177 Å². The van der Waals surface area contributed by atoms with Crippen LogP contribution < -0.4 is 15.5 Å². The molecule has 0 saturated carbocycles. The van der Waals surface area contributed by atoms with Crippen LogP contribution in [0.5, 0.6) is 0 Å². The first-order chi connectivity index (χ1) is 14.9. The Balaban J connectivity index is 1.50. The Hall–Kier alpha value is -3.53. The monoisotopic (exact) mass is 422 g/mol. The Morgan fingerprint density at radius 2 is 2.13 bits per heavy atom. The molecule has 0 spiro atoms. The Morgan fingerprint density at radius 1 is 1.29 bits per heavy atom. The van der Waals surface area contributed by atoms with E-state index < -0.39 is 5.82 Å². The second-order valence-electron chi connectivity index (χ2n) is 7.91. The molecule has 160 valence electrons. The zero-order chi connectivity index (χ0) is 21.7. The molecular weight excluding hydrogens is 399 g/mol. The van der Waals surface area contributed by atoms with E-state index >= 15 is 0 Å². The van der Waals surface area contributed by atoms with Crippen molar-refractivity contribution < 1.29 is 9.18 Å². The van der Waals surface area contributed by atoms with Crippen LogP contribution in [-0.2, 0) is 7.05 Å². The SMILES string of the molecule is CN[C@H]1CCN(c2ccc(C(=O)Nc3cc(F)c4nc(C)cn4c3)c3c2nnn3C)C1. The van der Waals surface area contributed by atoms with Crippen molar-refractivity contribution in [3.05, 3.63) is 47.7 Å². The predicted octanol–water partition coefficient (Wildman–Crippen LogP) is 2.11. The molecule has 4 heterocycles. The second kappa shape index (κ2) is 7.31. The summed E-state index contributed by atoms with van der Waals surface area (Å²) < 4.78 is 17.6. The van der Waals surface area contributed by atoms with E-state index in [4.69, 9.17) is 0 Å². The van der Waals surface area contributed by atoms with Gasteiger partial charge in [0.25, 0.3) is 5.91 Å². The van der Waals surface area contributed by atoms with Crippen LogP contribution in [0.15, 0.2) is 30.6 Å². The first kappa shape index (κ1) is 19.4. The van der Waals surface area contributed by atoms with Gasteiger partial charge in [0.1, 0.15) is 11.0 Å². The molecule has 1 amide bonds. The van der Waals surface area contributed by atoms with Gasteiger partial charge >= 0.3 is 0 Å². The minimum absolute atomic E-state index is 0.226. The minimum Gasteiger partial charge on any atom is -0.368 e. The highest BCUT2D eigenvalue weighted by Gasteiger charge is 2.26. The third kappa shape index (κ3) is 3.28. The number of amides is 1. The van der Waals surface area contributed by atoms with Gasteiger partial charge in [-0.3, -0.25) is 4.79 Å². The van der Waals surface area contributed by atoms with Gasteiger partial charge in [-0.15, -0.1) is 5.10 Å². The number of carbonyl (C=O) groups is 1. The van der Waals surface area contributed by atoms with Gasteiger partial charge < -0.3 is 19.9 Å². The van der Waals surface area contributed by atoms with Gasteiger partial charge in [0.15, 0.2) is 11.5 Å². The minimum atomic E-state index is -0.498. The van der Waals surface area contributed by atoms with Crippen molar-refractivity contribution in [3.8, 4) is 0 Å². The van der Waals surface area contributed by atoms with Gasteiger partial charge in [0, 0.05) is 44.6 Å². The third-order valence-corrected chi connectivity index (χ3v) is 5.80. The average Bonchev–Trinajstić information content (AvgIpc) is 3.46. The van der Waals surface area contributed by atoms with Crippen LogP contribution in [0, 0.1) is 12.7 Å². The molecule has 1 aromatic carbocycles. The van der Waals surface area contributed by atoms with Crippen molar-refractivity contribution in [1.82, 2.24) is 29.7 Å². The molecule has 10 heteroatoms. The van der Waals surface area contributed by atoms with Crippen LogP contribution in [0.1, 0.15) is 22.5 Å². The lowest BCUT2D eigenvalue weighted by atomic mass is 10.1. The summed E-state index contributed by atoms with van der Waals surface area (Å²) in [6.07, 6.45) is 4.40. The summed E-state index contributed by atoms with van der Waals surface area (Å²) in [5, 5.41) is 14.6. The predicted molar refractivity (Wildman–Crippen MR) is 116 cm³/mol. The molecule has 31 heavy (non-hydrogen) atoms. The van der Waals surface area contributed by atoms with Crippen LogP contribution in [0.4, 0.5) is 15.8 Å². The van der Waals surface area contributed by atoms with Crippen molar-refractivity contribution in [3.63, 3.8) is 0 Å². The number of carbonyl (C=O) groups excluding carboxylic acids is 1. The lowest BCUT2D eigenvalue weighted by Gasteiger charge is -2.19. The number of hydrogen-bond acceptors (Lipinski definition) is 6. The molecule has 0 aliphatic carbocycles. The summed E-state index contributed by atoms with van der Waals surface area (Å²) in [6, 6.07) is 5.38. The van der Waals surface area contributed by atoms with Crippen LogP contribution in [0.25, 0.3) is 16.7 Å². The number of rotatable bonds is 4. The number of likely N-dealkylation sites (N-methyl/N-ethyl adjacent to an activating group) is 1. The van der Waals surface area contributed by atoms with E-state index in [-0.39, 0.29) is 11.6 Å². The average molecular weight is 422 g/mol. The number of hydrogen-bond donors (Lipinski definition) is 2. The molecule has 1 saturated heterocycles. The first-order valence-corrected chi connectivity index (χ1v) is 10.2. The smallest absolute Gasteiger partial charge is 0.257 e. The molecule has 2 N–H and O–H groups in total. The number of aryl methyl sites for hydroxylation is 2. The lowest BCUT2D eigenvalue weighted by molar-refractivity contribution is 0.102. The summed E-state index contributed by atoms with van der Waals surface area (Å²) in [7, 11) is 3.72. The fraction of sp³-hybridized carbons (Fsp3) is 0.333. The number of aromatic nitrogens is 5. The van der Waals surface area contributed by atoms with E-state index in [0.29, 0.717) is 34.0 Å². The molecule has 1 fully saturated rings. The van der Waals surface area contributed by atoms with Crippen LogP contribution in [-0.4, -0.2) is 56.5 Å². The highest BCUT2D eigenvalue weighted by Crippen LogP contribution is 2.30. The van der Waals surface area contributed by atoms with E-state index in [0.717, 1.165) is 25.2 Å². The molecule has 0 radical (unpaired) electrons. The number of nitrogens with zero attached hydrogens (tertiary/aromatic N) is 6. The molecular formula is C21H23FN8O. The number of benzene rings is 1. The Kier molecular flexibility index (Phi) is 4.58. The van der Waals surface area contributed by atoms with Gasteiger partial charge in [0.2, 0.25) is 0 Å². The molecule has 3 aromatic heterocycles. The van der Waals surface area contributed by atoms with Crippen LogP contribution in [0.3, 0.4) is 0 Å². The summed E-state index contributed by atoms with van der Waals surface area (Å²) in [5.41, 5.74) is 3.97. The van der Waals surface area contributed by atoms with E-state index in [1.54, 1.807) is 41.5 Å². The zero-order valence-electron chi connectivity index (χ0n) is 17.6. The molecule has 1 aliphatic rings. The quantitative estimate of drug-likeness (QED) is 0.523. The molecule has 1 aliphatic heterocycles. The van der Waals surface area contributed by atoms with E-state index in [1.807, 2.05) is 13.1 Å². The molecule has 5 rings (SSSR count). The van der Waals surface area contributed by atoms with E-state index in [1.165, 1.54) is 6.07 Å². The van der Waals surface area contributed by atoms with E-state index in [2.05, 4.69) is 30.8 Å². The molecule has 4 aromatic rings. The van der Waals surface area contributed by atoms with Gasteiger partial charge in [0.05, 0.1) is 22.6 Å². The highest BCUT2D eigenvalue weighted by atomic mass is 19.1. The number of halogens is 1. The maximum absolute atomic E-state index is 14.4. The first-order valence-electron chi connectivity index (χ1n) is 10.2. The topological polar surface area (TPSA) is 92.4 Å². The molecule has 9 nitrogen and oxygen atoms in total. The van der Waals surface area contributed by atoms with Crippen molar-refractivity contribution in [2.45, 2.75) is 19.4 Å². The van der Waals surface area contributed by atoms with Crippen molar-refractivity contribution in [2.24, 2.45) is 7.05 Å². The van der Waals surface area contributed by atoms with Crippen molar-refractivity contribution in [2.75, 3.05) is 30.4 Å². The number of nitrogens with one attached hydrogen (secondary N) is 2. The number of pyridine rings is 1. The summed E-state index contributed by atoms with van der Waals surface area (Å²) in [4.78, 5) is 19.5. The Bertz CT molecular complexity index is 1310. The maximum Gasteiger partial charge on any atom is 0.257 e. The third-order valence-electron chi connectivity index (χ3n) is 5.80. The fourth-order valence-corrected chi connectivity index (χ4v) is 4.25.